The second-order valence-electron chi connectivity index (χ2n) is 6.04. The number of nitrogen functional groups attached to an aromatic ring is 1. The summed E-state index contributed by atoms with van der Waals surface area (Å²) >= 11 is 0. The molecule has 2 aromatic carbocycles. The molecule has 136 valence electrons. The van der Waals surface area contributed by atoms with Crippen LogP contribution in [0.4, 0.5) is 15.8 Å². The van der Waals surface area contributed by atoms with Gasteiger partial charge < -0.3 is 20.3 Å². The van der Waals surface area contributed by atoms with Gasteiger partial charge in [0.25, 0.3) is 5.91 Å². The second-order valence-corrected chi connectivity index (χ2v) is 6.04. The van der Waals surface area contributed by atoms with Gasteiger partial charge in [0.2, 0.25) is 0 Å². The van der Waals surface area contributed by atoms with Crippen LogP contribution in [0.1, 0.15) is 10.4 Å². The van der Waals surface area contributed by atoms with Crippen LogP contribution >= 0.6 is 0 Å². The highest BCUT2D eigenvalue weighted by molar-refractivity contribution is 5.91. The lowest BCUT2D eigenvalue weighted by Crippen LogP contribution is -2.49. The predicted octanol–water partition coefficient (Wildman–Crippen LogP) is 1.91. The Kier molecular flexibility index (Phi) is 5.36. The van der Waals surface area contributed by atoms with Crippen LogP contribution in [0.2, 0.25) is 0 Å². The lowest BCUT2D eigenvalue weighted by molar-refractivity contribution is -0.134. The molecule has 0 radical (unpaired) electrons. The molecule has 1 fully saturated rings. The maximum Gasteiger partial charge on any atom is 0.338 e. The molecule has 0 atom stereocenters. The number of anilines is 2. The fourth-order valence-corrected chi connectivity index (χ4v) is 2.79. The van der Waals surface area contributed by atoms with Crippen molar-refractivity contribution < 1.29 is 18.7 Å². The first-order valence-electron chi connectivity index (χ1n) is 8.34. The van der Waals surface area contributed by atoms with Crippen LogP contribution in [-0.2, 0) is 9.53 Å². The van der Waals surface area contributed by atoms with E-state index >= 15 is 0 Å². The van der Waals surface area contributed by atoms with Crippen molar-refractivity contribution in [2.45, 2.75) is 0 Å². The fraction of sp³-hybridized carbons (Fsp3) is 0.263. The highest BCUT2D eigenvalue weighted by Crippen LogP contribution is 2.17. The number of ether oxygens (including phenoxy) is 1. The summed E-state index contributed by atoms with van der Waals surface area (Å²) in [7, 11) is 0. The molecule has 7 heteroatoms. The lowest BCUT2D eigenvalue weighted by Gasteiger charge is -2.36. The molecule has 1 saturated heterocycles. The Morgan fingerprint density at radius 1 is 0.962 bits per heavy atom. The highest BCUT2D eigenvalue weighted by atomic mass is 19.1. The zero-order chi connectivity index (χ0) is 18.5. The molecule has 0 spiro atoms. The minimum Gasteiger partial charge on any atom is -0.452 e. The van der Waals surface area contributed by atoms with Gasteiger partial charge in [0, 0.05) is 37.6 Å². The number of esters is 1. The number of rotatable bonds is 4. The SMILES string of the molecule is Nc1ccc(C(=O)OCC(=O)N2CCN(c3ccc(F)cc3)CC2)cc1. The third-order valence-electron chi connectivity index (χ3n) is 4.30. The van der Waals surface area contributed by atoms with Crippen LogP contribution < -0.4 is 10.6 Å². The number of nitrogens with zero attached hydrogens (tertiary/aromatic N) is 2. The van der Waals surface area contributed by atoms with E-state index in [4.69, 9.17) is 10.5 Å². The van der Waals surface area contributed by atoms with Crippen LogP contribution in [-0.4, -0.2) is 49.6 Å². The monoisotopic (exact) mass is 357 g/mol. The number of hydrogen-bond donors (Lipinski definition) is 1. The summed E-state index contributed by atoms with van der Waals surface area (Å²) < 4.78 is 18.1. The molecule has 1 aliphatic heterocycles. The van der Waals surface area contributed by atoms with Crippen LogP contribution in [0.15, 0.2) is 48.5 Å². The number of carbonyl (C=O) groups excluding carboxylic acids is 2. The zero-order valence-corrected chi connectivity index (χ0v) is 14.2. The largest absolute Gasteiger partial charge is 0.452 e. The van der Waals surface area contributed by atoms with Gasteiger partial charge in [0.05, 0.1) is 5.56 Å². The number of nitrogens with two attached hydrogens (primary N) is 1. The van der Waals surface area contributed by atoms with E-state index in [0.717, 1.165) is 5.69 Å². The van der Waals surface area contributed by atoms with Crippen LogP contribution in [0.5, 0.6) is 0 Å². The molecule has 26 heavy (non-hydrogen) atoms. The van der Waals surface area contributed by atoms with Gasteiger partial charge in [-0.2, -0.15) is 0 Å². The van der Waals surface area contributed by atoms with Gasteiger partial charge in [0.1, 0.15) is 5.82 Å². The first-order valence-corrected chi connectivity index (χ1v) is 8.34. The van der Waals surface area contributed by atoms with E-state index in [-0.39, 0.29) is 18.3 Å². The standard InChI is InChI=1S/C19H20FN3O3/c20-15-3-7-17(8-4-15)22-9-11-23(12-10-22)18(24)13-26-19(25)14-1-5-16(21)6-2-14/h1-8H,9-13,21H2. The highest BCUT2D eigenvalue weighted by Gasteiger charge is 2.22. The van der Waals surface area contributed by atoms with Crippen molar-refractivity contribution in [1.29, 1.82) is 0 Å². The van der Waals surface area contributed by atoms with Crippen molar-refractivity contribution in [3.05, 3.63) is 59.9 Å². The van der Waals surface area contributed by atoms with E-state index in [0.29, 0.717) is 37.4 Å². The van der Waals surface area contributed by atoms with Crippen LogP contribution in [0.3, 0.4) is 0 Å². The summed E-state index contributed by atoms with van der Waals surface area (Å²) in [5.74, 6) is -1.05. The minimum absolute atomic E-state index is 0.229. The van der Waals surface area contributed by atoms with Crippen molar-refractivity contribution >= 4 is 23.3 Å². The first kappa shape index (κ1) is 17.7. The Hall–Kier alpha value is -3.09. The average molecular weight is 357 g/mol. The van der Waals surface area contributed by atoms with E-state index in [1.807, 2.05) is 0 Å². The van der Waals surface area contributed by atoms with Gasteiger partial charge in [0.15, 0.2) is 6.61 Å². The topological polar surface area (TPSA) is 75.9 Å². The van der Waals surface area contributed by atoms with Crippen molar-refractivity contribution in [1.82, 2.24) is 4.90 Å². The van der Waals surface area contributed by atoms with Crippen molar-refractivity contribution in [3.8, 4) is 0 Å². The smallest absolute Gasteiger partial charge is 0.338 e. The minimum atomic E-state index is -0.553. The van der Waals surface area contributed by atoms with E-state index < -0.39 is 5.97 Å². The molecule has 2 aromatic rings. The summed E-state index contributed by atoms with van der Waals surface area (Å²) in [6.07, 6.45) is 0. The molecule has 0 aromatic heterocycles. The molecule has 0 bridgehead atoms. The van der Waals surface area contributed by atoms with Gasteiger partial charge in [-0.3, -0.25) is 4.79 Å². The van der Waals surface area contributed by atoms with Crippen molar-refractivity contribution in [2.24, 2.45) is 0 Å². The number of carbonyl (C=O) groups is 2. The quantitative estimate of drug-likeness (QED) is 0.668. The number of piperazine rings is 1. The zero-order valence-electron chi connectivity index (χ0n) is 14.2. The summed E-state index contributed by atoms with van der Waals surface area (Å²) in [6.45, 7) is 2.04. The number of amides is 1. The molecule has 1 amide bonds. The number of benzene rings is 2. The maximum atomic E-state index is 13.0. The Morgan fingerprint density at radius 2 is 1.58 bits per heavy atom. The first-order chi connectivity index (χ1) is 12.5. The summed E-state index contributed by atoms with van der Waals surface area (Å²) in [6, 6.07) is 12.6. The van der Waals surface area contributed by atoms with Gasteiger partial charge in [-0.1, -0.05) is 0 Å². The van der Waals surface area contributed by atoms with Gasteiger partial charge in [-0.25, -0.2) is 9.18 Å². The molecule has 2 N–H and O–H groups in total. The Balaban J connectivity index is 1.47. The van der Waals surface area contributed by atoms with E-state index in [2.05, 4.69) is 4.90 Å². The average Bonchev–Trinajstić information content (AvgIpc) is 2.67. The summed E-state index contributed by atoms with van der Waals surface area (Å²) in [4.78, 5) is 27.9. The Bertz CT molecular complexity index is 770. The molecular weight excluding hydrogens is 337 g/mol. The lowest BCUT2D eigenvalue weighted by atomic mass is 10.2. The second kappa shape index (κ2) is 7.86. The molecule has 3 rings (SSSR count). The Morgan fingerprint density at radius 3 is 2.19 bits per heavy atom. The van der Waals surface area contributed by atoms with Crippen molar-refractivity contribution in [2.75, 3.05) is 43.4 Å². The molecule has 0 saturated carbocycles. The molecule has 1 heterocycles. The Labute approximate surface area is 150 Å². The number of halogens is 1. The number of hydrogen-bond acceptors (Lipinski definition) is 5. The molecule has 0 aliphatic carbocycles. The van der Waals surface area contributed by atoms with Crippen LogP contribution in [0.25, 0.3) is 0 Å². The molecule has 0 unspecified atom stereocenters. The molecule has 1 aliphatic rings. The van der Waals surface area contributed by atoms with E-state index in [9.17, 15) is 14.0 Å². The van der Waals surface area contributed by atoms with Crippen LogP contribution in [0, 0.1) is 5.82 Å². The predicted molar refractivity (Wildman–Crippen MR) is 96.3 cm³/mol. The normalized spacial score (nSPS) is 14.2. The van der Waals surface area contributed by atoms with Crippen molar-refractivity contribution in [3.63, 3.8) is 0 Å². The summed E-state index contributed by atoms with van der Waals surface area (Å²) in [5, 5.41) is 0. The molecular formula is C19H20FN3O3. The summed E-state index contributed by atoms with van der Waals surface area (Å²) in [5.41, 5.74) is 7.40. The van der Waals surface area contributed by atoms with Gasteiger partial charge >= 0.3 is 5.97 Å². The van der Waals surface area contributed by atoms with E-state index in [1.54, 1.807) is 41.3 Å². The van der Waals surface area contributed by atoms with Gasteiger partial charge in [-0.05, 0) is 48.5 Å². The van der Waals surface area contributed by atoms with Gasteiger partial charge in [-0.15, -0.1) is 0 Å². The third kappa shape index (κ3) is 4.30. The maximum absolute atomic E-state index is 13.0. The fourth-order valence-electron chi connectivity index (χ4n) is 2.79. The third-order valence-corrected chi connectivity index (χ3v) is 4.30. The van der Waals surface area contributed by atoms with E-state index in [1.165, 1.54) is 12.1 Å². The molecule has 6 nitrogen and oxygen atoms in total.